The molecule has 0 aromatic heterocycles. The van der Waals surface area contributed by atoms with Crippen molar-refractivity contribution in [1.29, 1.82) is 5.26 Å². The van der Waals surface area contributed by atoms with E-state index in [0.29, 0.717) is 16.3 Å². The molecule has 0 aliphatic rings. The highest BCUT2D eigenvalue weighted by atomic mass is 35.5. The smallest absolute Gasteiger partial charge is 0.335 e. The number of aromatic carboxylic acids is 1. The molecule has 0 aliphatic carbocycles. The second kappa shape index (κ2) is 10.1. The number of para-hydroxylation sites is 1. The van der Waals surface area contributed by atoms with Crippen LogP contribution in [0.15, 0.2) is 78.4 Å². The molecule has 154 valence electrons. The van der Waals surface area contributed by atoms with Crippen molar-refractivity contribution in [2.45, 2.75) is 6.61 Å². The van der Waals surface area contributed by atoms with Gasteiger partial charge in [0.25, 0.3) is 5.91 Å². The van der Waals surface area contributed by atoms with E-state index in [4.69, 9.17) is 21.4 Å². The van der Waals surface area contributed by atoms with E-state index in [1.54, 1.807) is 36.4 Å². The van der Waals surface area contributed by atoms with Gasteiger partial charge in [-0.15, -0.1) is 0 Å². The molecular weight excluding hydrogens is 416 g/mol. The Bertz CT molecular complexity index is 1200. The fourth-order valence-corrected chi connectivity index (χ4v) is 2.92. The fraction of sp³-hybridized carbons (Fsp3) is 0.0417. The van der Waals surface area contributed by atoms with Crippen molar-refractivity contribution in [3.63, 3.8) is 0 Å². The monoisotopic (exact) mass is 432 g/mol. The van der Waals surface area contributed by atoms with Crippen LogP contribution in [0.4, 0.5) is 5.69 Å². The number of rotatable bonds is 7. The second-order valence-corrected chi connectivity index (χ2v) is 6.84. The molecule has 1 amide bonds. The van der Waals surface area contributed by atoms with Gasteiger partial charge in [-0.3, -0.25) is 4.79 Å². The largest absolute Gasteiger partial charge is 0.488 e. The minimum Gasteiger partial charge on any atom is -0.488 e. The summed E-state index contributed by atoms with van der Waals surface area (Å²) in [4.78, 5) is 23.7. The number of carbonyl (C=O) groups excluding carboxylic acids is 1. The van der Waals surface area contributed by atoms with Crippen molar-refractivity contribution in [3.8, 4) is 11.8 Å². The van der Waals surface area contributed by atoms with E-state index in [0.717, 1.165) is 5.56 Å². The molecule has 6 nitrogen and oxygen atoms in total. The Morgan fingerprint density at radius 2 is 1.81 bits per heavy atom. The first-order valence-corrected chi connectivity index (χ1v) is 9.57. The Kier molecular flexibility index (Phi) is 7.05. The molecule has 0 unspecified atom stereocenters. The topological polar surface area (TPSA) is 99.4 Å². The van der Waals surface area contributed by atoms with Crippen molar-refractivity contribution in [2.75, 3.05) is 5.32 Å². The highest BCUT2D eigenvalue weighted by molar-refractivity contribution is 6.31. The fourth-order valence-electron chi connectivity index (χ4n) is 2.73. The van der Waals surface area contributed by atoms with Crippen LogP contribution in [-0.4, -0.2) is 17.0 Å². The number of hydrogen-bond acceptors (Lipinski definition) is 4. The quantitative estimate of drug-likeness (QED) is 0.396. The Morgan fingerprint density at radius 3 is 2.55 bits per heavy atom. The van der Waals surface area contributed by atoms with E-state index in [1.165, 1.54) is 24.3 Å². The molecule has 0 aliphatic heterocycles. The summed E-state index contributed by atoms with van der Waals surface area (Å²) in [5.41, 5.74) is 1.49. The molecule has 0 bridgehead atoms. The van der Waals surface area contributed by atoms with Crippen LogP contribution >= 0.6 is 11.6 Å². The van der Waals surface area contributed by atoms with Crippen LogP contribution in [0.1, 0.15) is 21.5 Å². The number of hydrogen-bond donors (Lipinski definition) is 2. The number of benzene rings is 3. The lowest BCUT2D eigenvalue weighted by molar-refractivity contribution is -0.112. The molecule has 0 atom stereocenters. The maximum Gasteiger partial charge on any atom is 0.335 e. The van der Waals surface area contributed by atoms with Gasteiger partial charge in [-0.25, -0.2) is 4.79 Å². The number of halogens is 1. The Labute approximate surface area is 184 Å². The molecule has 0 heterocycles. The Balaban J connectivity index is 1.80. The number of nitriles is 1. The number of carboxylic acid groups (broad SMARTS) is 1. The maximum absolute atomic E-state index is 12.6. The van der Waals surface area contributed by atoms with Gasteiger partial charge in [0.2, 0.25) is 0 Å². The summed E-state index contributed by atoms with van der Waals surface area (Å²) >= 11 is 6.16. The molecule has 2 N–H and O–H groups in total. The average molecular weight is 433 g/mol. The minimum atomic E-state index is -1.11. The van der Waals surface area contributed by atoms with Crippen molar-refractivity contribution >= 4 is 35.2 Å². The normalized spacial score (nSPS) is 10.8. The van der Waals surface area contributed by atoms with Gasteiger partial charge in [-0.1, -0.05) is 54.1 Å². The van der Waals surface area contributed by atoms with E-state index >= 15 is 0 Å². The summed E-state index contributed by atoms with van der Waals surface area (Å²) in [5, 5.41) is 21.7. The van der Waals surface area contributed by atoms with Crippen LogP contribution in [0.3, 0.4) is 0 Å². The lowest BCUT2D eigenvalue weighted by Gasteiger charge is -2.11. The molecule has 3 aromatic carbocycles. The molecule has 0 saturated carbocycles. The third-order valence-corrected chi connectivity index (χ3v) is 4.66. The van der Waals surface area contributed by atoms with Gasteiger partial charge in [0.15, 0.2) is 0 Å². The first-order chi connectivity index (χ1) is 15.0. The molecule has 7 heteroatoms. The average Bonchev–Trinajstić information content (AvgIpc) is 2.77. The van der Waals surface area contributed by atoms with Crippen molar-refractivity contribution < 1.29 is 19.4 Å². The SMILES string of the molecule is N#C/C(=C\c1ccccc1OCc1ccccc1Cl)C(=O)Nc1cccc(C(=O)O)c1. The predicted molar refractivity (Wildman–Crippen MR) is 118 cm³/mol. The standard InChI is InChI=1S/C24H17ClN2O4/c25-21-10-3-1-7-18(21)15-31-22-11-4-2-6-16(22)12-19(14-26)23(28)27-20-9-5-8-17(13-20)24(29)30/h1-13H,15H2,(H,27,28)(H,29,30)/b19-12+. The van der Waals surface area contributed by atoms with Gasteiger partial charge < -0.3 is 15.2 Å². The number of nitrogens with zero attached hydrogens (tertiary/aromatic N) is 1. The number of ether oxygens (including phenoxy) is 1. The van der Waals surface area contributed by atoms with Gasteiger partial charge in [0.05, 0.1) is 5.56 Å². The maximum atomic E-state index is 12.6. The van der Waals surface area contributed by atoms with E-state index in [2.05, 4.69) is 5.32 Å². The van der Waals surface area contributed by atoms with Crippen LogP contribution in [0.2, 0.25) is 5.02 Å². The van der Waals surface area contributed by atoms with Gasteiger partial charge in [-0.2, -0.15) is 5.26 Å². The number of amides is 1. The molecule has 0 saturated heterocycles. The predicted octanol–water partition coefficient (Wildman–Crippen LogP) is 5.16. The van der Waals surface area contributed by atoms with Gasteiger partial charge >= 0.3 is 5.97 Å². The van der Waals surface area contributed by atoms with Gasteiger partial charge in [0.1, 0.15) is 24.0 Å². The molecule has 0 fully saturated rings. The Hall–Kier alpha value is -4.08. The summed E-state index contributed by atoms with van der Waals surface area (Å²) in [5.74, 6) is -1.29. The zero-order valence-corrected chi connectivity index (χ0v) is 17.0. The van der Waals surface area contributed by atoms with Crippen LogP contribution in [0.5, 0.6) is 5.75 Å². The summed E-state index contributed by atoms with van der Waals surface area (Å²) in [7, 11) is 0. The van der Waals surface area contributed by atoms with Gasteiger partial charge in [-0.05, 0) is 36.4 Å². The summed E-state index contributed by atoms with van der Waals surface area (Å²) < 4.78 is 5.85. The number of anilines is 1. The van der Waals surface area contributed by atoms with Crippen molar-refractivity contribution in [3.05, 3.63) is 100 Å². The minimum absolute atomic E-state index is 0.0265. The first kappa shape index (κ1) is 21.6. The molecule has 0 spiro atoms. The van der Waals surface area contributed by atoms with E-state index < -0.39 is 11.9 Å². The lowest BCUT2D eigenvalue weighted by Crippen LogP contribution is -2.14. The third kappa shape index (κ3) is 5.72. The lowest BCUT2D eigenvalue weighted by atomic mass is 10.1. The third-order valence-electron chi connectivity index (χ3n) is 4.29. The van der Waals surface area contributed by atoms with Crippen LogP contribution in [-0.2, 0) is 11.4 Å². The number of nitrogens with one attached hydrogen (secondary N) is 1. The van der Waals surface area contributed by atoms with Crippen LogP contribution < -0.4 is 10.1 Å². The first-order valence-electron chi connectivity index (χ1n) is 9.19. The van der Waals surface area contributed by atoms with Crippen molar-refractivity contribution in [2.24, 2.45) is 0 Å². The zero-order chi connectivity index (χ0) is 22.2. The molecule has 0 radical (unpaired) electrons. The summed E-state index contributed by atoms with van der Waals surface area (Å²) in [6.07, 6.45) is 1.41. The molecule has 31 heavy (non-hydrogen) atoms. The highest BCUT2D eigenvalue weighted by Crippen LogP contribution is 2.24. The van der Waals surface area contributed by atoms with Gasteiger partial charge in [0, 0.05) is 21.8 Å². The summed E-state index contributed by atoms with van der Waals surface area (Å²) in [6, 6.07) is 21.9. The van der Waals surface area contributed by atoms with E-state index in [9.17, 15) is 14.9 Å². The highest BCUT2D eigenvalue weighted by Gasteiger charge is 2.13. The van der Waals surface area contributed by atoms with Crippen LogP contribution in [0, 0.1) is 11.3 Å². The zero-order valence-electron chi connectivity index (χ0n) is 16.2. The molecule has 3 aromatic rings. The number of carboxylic acids is 1. The van der Waals surface area contributed by atoms with Crippen LogP contribution in [0.25, 0.3) is 6.08 Å². The van der Waals surface area contributed by atoms with Crippen molar-refractivity contribution in [1.82, 2.24) is 0 Å². The molecular formula is C24H17ClN2O4. The molecule has 3 rings (SSSR count). The Morgan fingerprint density at radius 1 is 1.06 bits per heavy atom. The van der Waals surface area contributed by atoms with E-state index in [-0.39, 0.29) is 23.4 Å². The number of carbonyl (C=O) groups is 2. The summed E-state index contributed by atoms with van der Waals surface area (Å²) in [6.45, 7) is 0.223. The second-order valence-electron chi connectivity index (χ2n) is 6.43. The van der Waals surface area contributed by atoms with E-state index in [1.807, 2.05) is 24.3 Å².